The third kappa shape index (κ3) is 4.62. The van der Waals surface area contributed by atoms with Crippen molar-refractivity contribution in [1.82, 2.24) is 14.5 Å². The van der Waals surface area contributed by atoms with E-state index >= 15 is 0 Å². The van der Waals surface area contributed by atoms with Crippen molar-refractivity contribution >= 4 is 16.8 Å². The fourth-order valence-corrected chi connectivity index (χ4v) is 4.88. The Bertz CT molecular complexity index is 1120. The number of aromatic nitrogens is 2. The third-order valence-electron chi connectivity index (χ3n) is 6.65. The van der Waals surface area contributed by atoms with E-state index in [2.05, 4.69) is 19.1 Å². The molecule has 0 aliphatic heterocycles. The van der Waals surface area contributed by atoms with Gasteiger partial charge in [-0.15, -0.1) is 0 Å². The van der Waals surface area contributed by atoms with Crippen LogP contribution in [0.2, 0.25) is 0 Å². The third-order valence-corrected chi connectivity index (χ3v) is 6.65. The molecule has 5 heteroatoms. The number of amides is 1. The van der Waals surface area contributed by atoms with Gasteiger partial charge in [-0.2, -0.15) is 0 Å². The van der Waals surface area contributed by atoms with Crippen molar-refractivity contribution in [3.63, 3.8) is 0 Å². The molecule has 0 radical (unpaired) electrons. The van der Waals surface area contributed by atoms with Gasteiger partial charge in [0.05, 0.1) is 16.9 Å². The van der Waals surface area contributed by atoms with Crippen LogP contribution in [0.5, 0.6) is 0 Å². The molecule has 1 heterocycles. The minimum atomic E-state index is -0.268. The predicted molar refractivity (Wildman–Crippen MR) is 129 cm³/mol. The second-order valence-corrected chi connectivity index (χ2v) is 8.87. The normalized spacial score (nSPS) is 15.2. The molecule has 168 valence electrons. The number of benzene rings is 2. The van der Waals surface area contributed by atoms with Gasteiger partial charge in [-0.25, -0.2) is 4.98 Å². The summed E-state index contributed by atoms with van der Waals surface area (Å²) in [5, 5.41) is 0.634. The summed E-state index contributed by atoms with van der Waals surface area (Å²) in [6.45, 7) is 5.31. The summed E-state index contributed by atoms with van der Waals surface area (Å²) >= 11 is 0. The molecule has 1 unspecified atom stereocenters. The number of carbonyl (C=O) groups is 1. The fourth-order valence-electron chi connectivity index (χ4n) is 4.88. The number of para-hydroxylation sites is 1. The van der Waals surface area contributed by atoms with E-state index in [1.54, 1.807) is 4.57 Å². The lowest BCUT2D eigenvalue weighted by atomic mass is 10.0. The Morgan fingerprint density at radius 2 is 1.78 bits per heavy atom. The lowest BCUT2D eigenvalue weighted by Crippen LogP contribution is -2.41. The first-order valence-electron chi connectivity index (χ1n) is 11.9. The zero-order valence-electron chi connectivity index (χ0n) is 19.2. The van der Waals surface area contributed by atoms with E-state index in [9.17, 15) is 9.59 Å². The molecular weight excluding hydrogens is 398 g/mol. The number of fused-ring (bicyclic) bond motifs is 1. The van der Waals surface area contributed by atoms with E-state index in [-0.39, 0.29) is 23.4 Å². The van der Waals surface area contributed by atoms with Crippen LogP contribution < -0.4 is 5.56 Å². The van der Waals surface area contributed by atoms with Crippen LogP contribution in [-0.4, -0.2) is 26.9 Å². The van der Waals surface area contributed by atoms with Gasteiger partial charge in [0.1, 0.15) is 5.82 Å². The van der Waals surface area contributed by atoms with Crippen molar-refractivity contribution in [2.24, 2.45) is 5.92 Å². The van der Waals surface area contributed by atoms with Crippen LogP contribution in [0.15, 0.2) is 59.4 Å². The Balaban J connectivity index is 1.72. The second-order valence-electron chi connectivity index (χ2n) is 8.87. The molecule has 1 aliphatic rings. The van der Waals surface area contributed by atoms with Crippen molar-refractivity contribution in [2.45, 2.75) is 65.0 Å². The van der Waals surface area contributed by atoms with Crippen molar-refractivity contribution < 1.29 is 4.79 Å². The monoisotopic (exact) mass is 431 g/mol. The molecule has 3 aromatic rings. The zero-order chi connectivity index (χ0) is 22.5. The van der Waals surface area contributed by atoms with Gasteiger partial charge in [-0.3, -0.25) is 14.2 Å². The molecule has 1 fully saturated rings. The van der Waals surface area contributed by atoms with Gasteiger partial charge in [0.15, 0.2) is 0 Å². The second kappa shape index (κ2) is 10.1. The fraction of sp³-hybridized carbons (Fsp3) is 0.444. The Morgan fingerprint density at radius 3 is 2.50 bits per heavy atom. The van der Waals surface area contributed by atoms with Crippen LogP contribution in [0.1, 0.15) is 63.4 Å². The minimum absolute atomic E-state index is 0.0179. The van der Waals surface area contributed by atoms with E-state index in [4.69, 9.17) is 4.98 Å². The summed E-state index contributed by atoms with van der Waals surface area (Å²) in [4.78, 5) is 33.8. The maximum atomic E-state index is 13.6. The molecule has 0 N–H and O–H groups in total. The lowest BCUT2D eigenvalue weighted by Gasteiger charge is -2.32. The van der Waals surface area contributed by atoms with E-state index in [0.29, 0.717) is 29.8 Å². The smallest absolute Gasteiger partial charge is 0.261 e. The van der Waals surface area contributed by atoms with Crippen LogP contribution in [0.25, 0.3) is 10.9 Å². The highest BCUT2D eigenvalue weighted by Crippen LogP contribution is 2.30. The van der Waals surface area contributed by atoms with E-state index in [1.165, 1.54) is 5.56 Å². The first-order valence-corrected chi connectivity index (χ1v) is 11.9. The Kier molecular flexibility index (Phi) is 7.03. The van der Waals surface area contributed by atoms with Gasteiger partial charge in [-0.05, 0) is 50.3 Å². The molecule has 0 bridgehead atoms. The standard InChI is InChI=1S/C27H33N3O2/c1-3-18-30-25(28-24-16-10-9-15-23(24)27(30)32)20(2)29(26(31)22-13-7-8-14-22)19-17-21-11-5-4-6-12-21/h4-6,9-12,15-16,20,22H,3,7-8,13-14,17-19H2,1-2H3. The Labute approximate surface area is 190 Å². The quantitative estimate of drug-likeness (QED) is 0.497. The number of carbonyl (C=O) groups excluding carboxylic acids is 1. The summed E-state index contributed by atoms with van der Waals surface area (Å²) in [5.74, 6) is 0.978. The van der Waals surface area contributed by atoms with Crippen molar-refractivity contribution in [2.75, 3.05) is 6.54 Å². The van der Waals surface area contributed by atoms with Gasteiger partial charge < -0.3 is 4.90 Å². The highest BCUT2D eigenvalue weighted by molar-refractivity contribution is 5.80. The molecule has 32 heavy (non-hydrogen) atoms. The summed E-state index contributed by atoms with van der Waals surface area (Å²) < 4.78 is 1.78. The van der Waals surface area contributed by atoms with Gasteiger partial charge in [-0.1, -0.05) is 62.2 Å². The number of hydrogen-bond acceptors (Lipinski definition) is 3. The highest BCUT2D eigenvalue weighted by Gasteiger charge is 2.32. The van der Waals surface area contributed by atoms with Gasteiger partial charge in [0, 0.05) is 19.0 Å². The van der Waals surface area contributed by atoms with Crippen LogP contribution in [0.4, 0.5) is 0 Å². The first kappa shape index (κ1) is 22.3. The minimum Gasteiger partial charge on any atom is -0.332 e. The molecule has 1 aromatic heterocycles. The number of rotatable bonds is 8. The maximum absolute atomic E-state index is 13.6. The van der Waals surface area contributed by atoms with Crippen LogP contribution in [0, 0.1) is 5.92 Å². The molecule has 1 amide bonds. The maximum Gasteiger partial charge on any atom is 0.261 e. The first-order chi connectivity index (χ1) is 15.6. The van der Waals surface area contributed by atoms with Crippen molar-refractivity contribution in [3.05, 3.63) is 76.3 Å². The molecule has 1 saturated carbocycles. The van der Waals surface area contributed by atoms with Gasteiger partial charge in [0.2, 0.25) is 5.91 Å². The molecule has 4 rings (SSSR count). The molecule has 1 aliphatic carbocycles. The number of nitrogens with zero attached hydrogens (tertiary/aromatic N) is 3. The van der Waals surface area contributed by atoms with Crippen molar-refractivity contribution in [3.8, 4) is 0 Å². The number of hydrogen-bond donors (Lipinski definition) is 0. The largest absolute Gasteiger partial charge is 0.332 e. The van der Waals surface area contributed by atoms with Crippen molar-refractivity contribution in [1.29, 1.82) is 0 Å². The molecule has 0 spiro atoms. The van der Waals surface area contributed by atoms with E-state index in [0.717, 1.165) is 38.5 Å². The topological polar surface area (TPSA) is 55.2 Å². The van der Waals surface area contributed by atoms with Crippen LogP contribution in [0.3, 0.4) is 0 Å². The van der Waals surface area contributed by atoms with Gasteiger partial charge >= 0.3 is 0 Å². The molecular formula is C27H33N3O2. The molecule has 5 nitrogen and oxygen atoms in total. The SMILES string of the molecule is CCCn1c(C(C)N(CCc2ccccc2)C(=O)C2CCCC2)nc2ccccc2c1=O. The average molecular weight is 432 g/mol. The zero-order valence-corrected chi connectivity index (χ0v) is 19.2. The van der Waals surface area contributed by atoms with Crippen LogP contribution >= 0.6 is 0 Å². The molecule has 2 aromatic carbocycles. The average Bonchev–Trinajstić information content (AvgIpc) is 3.36. The summed E-state index contributed by atoms with van der Waals surface area (Å²) in [7, 11) is 0. The highest BCUT2D eigenvalue weighted by atomic mass is 16.2. The van der Waals surface area contributed by atoms with E-state index in [1.807, 2.05) is 54.3 Å². The predicted octanol–water partition coefficient (Wildman–Crippen LogP) is 5.13. The molecule has 0 saturated heterocycles. The van der Waals surface area contributed by atoms with Gasteiger partial charge in [0.25, 0.3) is 5.56 Å². The van der Waals surface area contributed by atoms with Crippen LogP contribution in [-0.2, 0) is 17.8 Å². The lowest BCUT2D eigenvalue weighted by molar-refractivity contribution is -0.137. The summed E-state index contributed by atoms with van der Waals surface area (Å²) in [6, 6.07) is 17.5. The Hall–Kier alpha value is -2.95. The van der Waals surface area contributed by atoms with E-state index < -0.39 is 0 Å². The summed E-state index contributed by atoms with van der Waals surface area (Å²) in [6.07, 6.45) is 5.77. The summed E-state index contributed by atoms with van der Waals surface area (Å²) in [5.41, 5.74) is 1.89. The Morgan fingerprint density at radius 1 is 1.09 bits per heavy atom. The molecule has 1 atom stereocenters.